The molecule has 6 aliphatic rings. The third-order valence-corrected chi connectivity index (χ3v) is 14.3. The minimum absolute atomic E-state index is 0.138. The van der Waals surface area contributed by atoms with Crippen LogP contribution in [0.1, 0.15) is 84.8 Å². The van der Waals surface area contributed by atoms with Crippen LogP contribution < -0.4 is 25.3 Å². The van der Waals surface area contributed by atoms with E-state index in [1.807, 2.05) is 35.4 Å². The zero-order chi connectivity index (χ0) is 43.2. The van der Waals surface area contributed by atoms with Crippen molar-refractivity contribution in [3.05, 3.63) is 77.0 Å². The fourth-order valence-electron chi connectivity index (χ4n) is 10.6. The number of piperidine rings is 4. The first-order valence-corrected chi connectivity index (χ1v) is 22.0. The molecule has 1 spiro atoms. The maximum Gasteiger partial charge on any atom is 0.417 e. The summed E-state index contributed by atoms with van der Waals surface area (Å²) in [6.45, 7) is 8.59. The molecule has 1 aromatic heterocycles. The zero-order valence-electron chi connectivity index (χ0n) is 34.8. The molecule has 0 radical (unpaired) electrons. The van der Waals surface area contributed by atoms with Crippen LogP contribution in [0.25, 0.3) is 0 Å². The molecule has 2 aromatic carbocycles. The molecule has 0 bridgehead atoms. The first kappa shape index (κ1) is 41.7. The van der Waals surface area contributed by atoms with E-state index in [2.05, 4.69) is 36.4 Å². The molecule has 16 heteroatoms. The van der Waals surface area contributed by atoms with Gasteiger partial charge in [-0.05, 0) is 123 Å². The van der Waals surface area contributed by atoms with Gasteiger partial charge in [0.25, 0.3) is 5.91 Å². The topological polar surface area (TPSA) is 145 Å². The Balaban J connectivity index is 0.668. The lowest BCUT2D eigenvalue weighted by molar-refractivity contribution is -0.138. The Morgan fingerprint density at radius 2 is 1.52 bits per heavy atom. The summed E-state index contributed by atoms with van der Waals surface area (Å²) in [4.78, 5) is 65.7. The number of carbonyl (C=O) groups is 4. The van der Waals surface area contributed by atoms with Crippen molar-refractivity contribution in [3.63, 3.8) is 0 Å². The van der Waals surface area contributed by atoms with Gasteiger partial charge in [0.05, 0.1) is 29.1 Å². The summed E-state index contributed by atoms with van der Waals surface area (Å²) in [6.07, 6.45) is 4.55. The van der Waals surface area contributed by atoms with Gasteiger partial charge in [-0.2, -0.15) is 18.4 Å². The average molecular weight is 852 g/mol. The van der Waals surface area contributed by atoms with Crippen LogP contribution in [0.4, 0.5) is 36.1 Å². The third-order valence-electron chi connectivity index (χ3n) is 14.3. The van der Waals surface area contributed by atoms with Gasteiger partial charge in [-0.15, -0.1) is 0 Å². The van der Waals surface area contributed by atoms with Gasteiger partial charge in [0.1, 0.15) is 11.9 Å². The van der Waals surface area contributed by atoms with E-state index in [1.165, 1.54) is 18.6 Å². The van der Waals surface area contributed by atoms with Gasteiger partial charge >= 0.3 is 6.18 Å². The van der Waals surface area contributed by atoms with Crippen molar-refractivity contribution in [1.82, 2.24) is 20.1 Å². The summed E-state index contributed by atoms with van der Waals surface area (Å²) in [5.74, 6) is -0.0550. The van der Waals surface area contributed by atoms with Gasteiger partial charge in [0.15, 0.2) is 0 Å². The Morgan fingerprint density at radius 1 is 0.855 bits per heavy atom. The number of fused-ring (bicyclic) bond motifs is 1. The average Bonchev–Trinajstić information content (AvgIpc) is 3.59. The third kappa shape index (κ3) is 8.56. The lowest BCUT2D eigenvalue weighted by atomic mass is 9.71. The largest absolute Gasteiger partial charge is 0.417 e. The van der Waals surface area contributed by atoms with E-state index in [-0.39, 0.29) is 36.0 Å². The summed E-state index contributed by atoms with van der Waals surface area (Å²) >= 11 is 0. The molecule has 1 atom stereocenters. The molecule has 0 aliphatic carbocycles. The van der Waals surface area contributed by atoms with Crippen molar-refractivity contribution >= 4 is 46.5 Å². The standard InChI is InChI=1S/C46H52F3N9O4/c47-46(48,49)38-24-35(2-1-32(38)25-50)55-19-12-31(13-20-55)42(60)52-40-7-4-36(26-51-40)56-17-10-30(11-18-56)9-16-54-28-45(29-54)14-21-57(22-15-45)34-3-5-37-33(23-34)27-58(44(37)62)39-6-8-41(59)53-43(39)61/h1-5,7,23-24,26,30-31,39H,6,8-22,27-29H2,(H,51,52,60)(H,53,59,61). The lowest BCUT2D eigenvalue weighted by Crippen LogP contribution is -2.60. The number of anilines is 4. The molecule has 2 N–H and O–H groups in total. The number of hydrogen-bond acceptors (Lipinski definition) is 10. The van der Waals surface area contributed by atoms with Gasteiger partial charge in [-0.1, -0.05) is 0 Å². The Morgan fingerprint density at radius 3 is 2.19 bits per heavy atom. The molecule has 9 rings (SSSR count). The quantitative estimate of drug-likeness (QED) is 0.254. The van der Waals surface area contributed by atoms with E-state index in [1.54, 1.807) is 11.0 Å². The van der Waals surface area contributed by atoms with Crippen molar-refractivity contribution in [2.24, 2.45) is 17.3 Å². The van der Waals surface area contributed by atoms with Crippen LogP contribution in [0.2, 0.25) is 0 Å². The molecule has 1 unspecified atom stereocenters. The predicted molar refractivity (Wildman–Crippen MR) is 226 cm³/mol. The Bertz CT molecular complexity index is 2250. The first-order valence-electron chi connectivity index (χ1n) is 22.0. The number of pyridine rings is 1. The number of aromatic nitrogens is 1. The molecule has 5 fully saturated rings. The van der Waals surface area contributed by atoms with Crippen LogP contribution in [0.5, 0.6) is 0 Å². The number of benzene rings is 2. The number of nitrogens with one attached hydrogen (secondary N) is 2. The molecule has 0 saturated carbocycles. The molecule has 5 saturated heterocycles. The minimum Gasteiger partial charge on any atom is -0.371 e. The van der Waals surface area contributed by atoms with E-state index in [9.17, 15) is 32.3 Å². The SMILES string of the molecule is N#Cc1ccc(N2CCC(C(=O)Nc3ccc(N4CCC(CCN5CC6(CCN(c7ccc8c(c7)CN(C7CCC(=O)NC7=O)C8=O)CC6)C5)CC4)cn3)CC2)cc1C(F)(F)F. The fraction of sp³-hybridized carbons (Fsp3) is 0.522. The number of amides is 4. The number of rotatable bonds is 9. The maximum atomic E-state index is 13.5. The summed E-state index contributed by atoms with van der Waals surface area (Å²) in [5.41, 5.74) is 3.19. The van der Waals surface area contributed by atoms with Crippen LogP contribution in [0, 0.1) is 28.6 Å². The normalized spacial score (nSPS) is 22.4. The molecule has 13 nitrogen and oxygen atoms in total. The second-order valence-corrected chi connectivity index (χ2v) is 18.1. The minimum atomic E-state index is -4.62. The fourth-order valence-corrected chi connectivity index (χ4v) is 10.6. The Labute approximate surface area is 359 Å². The highest BCUT2D eigenvalue weighted by Crippen LogP contribution is 2.43. The molecule has 326 valence electrons. The first-order chi connectivity index (χ1) is 29.8. The Hall–Kier alpha value is -5.69. The number of hydrogen-bond donors (Lipinski definition) is 2. The van der Waals surface area contributed by atoms with E-state index >= 15 is 0 Å². The number of imide groups is 1. The maximum absolute atomic E-state index is 13.5. The number of halogens is 3. The number of nitriles is 1. The zero-order valence-corrected chi connectivity index (χ0v) is 34.8. The van der Waals surface area contributed by atoms with Crippen LogP contribution >= 0.6 is 0 Å². The smallest absolute Gasteiger partial charge is 0.371 e. The van der Waals surface area contributed by atoms with Crippen LogP contribution in [0.15, 0.2) is 54.7 Å². The predicted octanol–water partition coefficient (Wildman–Crippen LogP) is 5.80. The highest BCUT2D eigenvalue weighted by molar-refractivity contribution is 6.05. The van der Waals surface area contributed by atoms with Gasteiger partial charge < -0.3 is 29.8 Å². The molecule has 3 aromatic rings. The number of nitrogens with zero attached hydrogens (tertiary/aromatic N) is 7. The second-order valence-electron chi connectivity index (χ2n) is 18.1. The summed E-state index contributed by atoms with van der Waals surface area (Å²) in [7, 11) is 0. The molecule has 7 heterocycles. The molecular formula is C46H52F3N9O4. The van der Waals surface area contributed by atoms with Crippen molar-refractivity contribution < 1.29 is 32.3 Å². The lowest BCUT2D eigenvalue weighted by Gasteiger charge is -2.55. The van der Waals surface area contributed by atoms with Crippen LogP contribution in [-0.2, 0) is 27.1 Å². The van der Waals surface area contributed by atoms with Crippen molar-refractivity contribution in [2.45, 2.75) is 76.6 Å². The highest BCUT2D eigenvalue weighted by Gasteiger charge is 2.45. The van der Waals surface area contributed by atoms with Gasteiger partial charge in [0.2, 0.25) is 17.7 Å². The second kappa shape index (κ2) is 16.9. The van der Waals surface area contributed by atoms with Crippen molar-refractivity contribution in [2.75, 3.05) is 78.9 Å². The molecule has 62 heavy (non-hydrogen) atoms. The van der Waals surface area contributed by atoms with E-state index in [0.717, 1.165) is 94.5 Å². The molecule has 4 amide bonds. The summed E-state index contributed by atoms with van der Waals surface area (Å²) in [6, 6.07) is 14.7. The van der Waals surface area contributed by atoms with Gasteiger partial charge in [-0.3, -0.25) is 24.5 Å². The number of likely N-dealkylation sites (tertiary alicyclic amines) is 1. The van der Waals surface area contributed by atoms with E-state index in [0.29, 0.717) is 67.3 Å². The summed E-state index contributed by atoms with van der Waals surface area (Å²) < 4.78 is 40.4. The van der Waals surface area contributed by atoms with Crippen LogP contribution in [0.3, 0.4) is 0 Å². The number of alkyl halides is 3. The van der Waals surface area contributed by atoms with E-state index in [4.69, 9.17) is 5.26 Å². The van der Waals surface area contributed by atoms with Crippen molar-refractivity contribution in [1.29, 1.82) is 5.26 Å². The Kier molecular flexibility index (Phi) is 11.3. The van der Waals surface area contributed by atoms with Gasteiger partial charge in [-0.25, -0.2) is 4.98 Å². The molecular weight excluding hydrogens is 800 g/mol. The van der Waals surface area contributed by atoms with Crippen molar-refractivity contribution in [3.8, 4) is 6.07 Å². The number of carbonyl (C=O) groups excluding carboxylic acids is 4. The monoisotopic (exact) mass is 851 g/mol. The van der Waals surface area contributed by atoms with E-state index < -0.39 is 23.3 Å². The van der Waals surface area contributed by atoms with Crippen LogP contribution in [-0.4, -0.2) is 103 Å². The summed E-state index contributed by atoms with van der Waals surface area (Å²) in [5, 5.41) is 14.4. The van der Waals surface area contributed by atoms with Gasteiger partial charge in [0, 0.05) is 88.2 Å². The highest BCUT2D eigenvalue weighted by atomic mass is 19.4. The molecule has 6 aliphatic heterocycles.